The summed E-state index contributed by atoms with van der Waals surface area (Å²) in [5.41, 5.74) is 2.61. The average Bonchev–Trinajstić information content (AvgIpc) is 2.64. The standard InChI is InChI=1S/C19H19N3O2/c1-3-24-15-10-8-14(9-11-15)20-19-13-12-17(21-22-19)16-6-4-5-7-18(16)23-2/h4-13H,3H2,1-2H3,(H,20,22). The van der Waals surface area contributed by atoms with Crippen molar-refractivity contribution < 1.29 is 9.47 Å². The van der Waals surface area contributed by atoms with Crippen molar-refractivity contribution in [2.24, 2.45) is 0 Å². The number of nitrogens with zero attached hydrogens (tertiary/aromatic N) is 2. The molecular weight excluding hydrogens is 302 g/mol. The van der Waals surface area contributed by atoms with Crippen LogP contribution in [0.1, 0.15) is 6.92 Å². The molecule has 5 heteroatoms. The minimum absolute atomic E-state index is 0.655. The lowest BCUT2D eigenvalue weighted by molar-refractivity contribution is 0.340. The van der Waals surface area contributed by atoms with Crippen LogP contribution in [0.2, 0.25) is 0 Å². The number of nitrogens with one attached hydrogen (secondary N) is 1. The van der Waals surface area contributed by atoms with E-state index in [2.05, 4.69) is 15.5 Å². The number of hydrogen-bond acceptors (Lipinski definition) is 5. The minimum atomic E-state index is 0.655. The summed E-state index contributed by atoms with van der Waals surface area (Å²) in [5, 5.41) is 11.7. The Balaban J connectivity index is 1.74. The maximum Gasteiger partial charge on any atom is 0.153 e. The molecule has 0 spiro atoms. The SMILES string of the molecule is CCOc1ccc(Nc2ccc(-c3ccccc3OC)nn2)cc1. The molecule has 0 aliphatic carbocycles. The van der Waals surface area contributed by atoms with Crippen molar-refractivity contribution in [2.45, 2.75) is 6.92 Å². The van der Waals surface area contributed by atoms with Crippen molar-refractivity contribution in [2.75, 3.05) is 19.0 Å². The van der Waals surface area contributed by atoms with Gasteiger partial charge in [0.1, 0.15) is 11.5 Å². The molecule has 1 heterocycles. The summed E-state index contributed by atoms with van der Waals surface area (Å²) < 4.78 is 10.8. The number of benzene rings is 2. The Morgan fingerprint density at radius 1 is 0.917 bits per heavy atom. The van der Waals surface area contributed by atoms with Crippen LogP contribution in [0.25, 0.3) is 11.3 Å². The Bertz CT molecular complexity index is 786. The number of aromatic nitrogens is 2. The topological polar surface area (TPSA) is 56.3 Å². The molecule has 5 nitrogen and oxygen atoms in total. The Morgan fingerprint density at radius 2 is 1.71 bits per heavy atom. The summed E-state index contributed by atoms with van der Waals surface area (Å²) in [4.78, 5) is 0. The number of methoxy groups -OCH3 is 1. The molecule has 24 heavy (non-hydrogen) atoms. The van der Waals surface area contributed by atoms with E-state index in [1.807, 2.05) is 67.6 Å². The highest BCUT2D eigenvalue weighted by Gasteiger charge is 2.07. The molecule has 0 aliphatic rings. The summed E-state index contributed by atoms with van der Waals surface area (Å²) in [6.07, 6.45) is 0. The van der Waals surface area contributed by atoms with Gasteiger partial charge in [-0.05, 0) is 55.5 Å². The first-order valence-corrected chi connectivity index (χ1v) is 7.77. The van der Waals surface area contributed by atoms with Crippen molar-refractivity contribution in [3.63, 3.8) is 0 Å². The molecule has 1 N–H and O–H groups in total. The zero-order valence-corrected chi connectivity index (χ0v) is 13.7. The Hall–Kier alpha value is -3.08. The van der Waals surface area contributed by atoms with Crippen LogP contribution in [0.5, 0.6) is 11.5 Å². The molecule has 0 radical (unpaired) electrons. The van der Waals surface area contributed by atoms with Gasteiger partial charge in [0.15, 0.2) is 5.82 Å². The van der Waals surface area contributed by atoms with Gasteiger partial charge in [0.2, 0.25) is 0 Å². The minimum Gasteiger partial charge on any atom is -0.496 e. The Labute approximate surface area is 141 Å². The highest BCUT2D eigenvalue weighted by molar-refractivity contribution is 5.68. The molecule has 122 valence electrons. The molecule has 0 unspecified atom stereocenters. The number of anilines is 2. The molecular formula is C19H19N3O2. The molecule has 3 rings (SSSR count). The van der Waals surface area contributed by atoms with E-state index in [0.717, 1.165) is 28.4 Å². The lowest BCUT2D eigenvalue weighted by Gasteiger charge is -2.09. The van der Waals surface area contributed by atoms with Crippen LogP contribution in [0.15, 0.2) is 60.7 Å². The van der Waals surface area contributed by atoms with Crippen LogP contribution in [0.4, 0.5) is 11.5 Å². The summed E-state index contributed by atoms with van der Waals surface area (Å²) in [5.74, 6) is 2.30. The first-order valence-electron chi connectivity index (χ1n) is 7.77. The van der Waals surface area contributed by atoms with Crippen molar-refractivity contribution in [1.29, 1.82) is 0 Å². The average molecular weight is 321 g/mol. The second-order valence-corrected chi connectivity index (χ2v) is 5.09. The molecule has 0 bridgehead atoms. The van der Waals surface area contributed by atoms with E-state index in [4.69, 9.17) is 9.47 Å². The quantitative estimate of drug-likeness (QED) is 0.734. The molecule has 0 amide bonds. The zero-order chi connectivity index (χ0) is 16.8. The predicted molar refractivity (Wildman–Crippen MR) is 94.9 cm³/mol. The van der Waals surface area contributed by atoms with Crippen molar-refractivity contribution in [3.05, 3.63) is 60.7 Å². The van der Waals surface area contributed by atoms with Crippen LogP contribution in [-0.2, 0) is 0 Å². The van der Waals surface area contributed by atoms with Crippen LogP contribution in [0, 0.1) is 0 Å². The molecule has 0 atom stereocenters. The Morgan fingerprint density at radius 3 is 2.38 bits per heavy atom. The predicted octanol–water partition coefficient (Wildman–Crippen LogP) is 4.29. The third-order valence-electron chi connectivity index (χ3n) is 3.49. The van der Waals surface area contributed by atoms with E-state index in [9.17, 15) is 0 Å². The van der Waals surface area contributed by atoms with E-state index in [1.54, 1.807) is 7.11 Å². The largest absolute Gasteiger partial charge is 0.496 e. The third-order valence-corrected chi connectivity index (χ3v) is 3.49. The fourth-order valence-corrected chi connectivity index (χ4v) is 2.35. The first kappa shape index (κ1) is 15.8. The number of ether oxygens (including phenoxy) is 2. The van der Waals surface area contributed by atoms with Gasteiger partial charge in [-0.25, -0.2) is 0 Å². The van der Waals surface area contributed by atoms with Crippen molar-refractivity contribution >= 4 is 11.5 Å². The number of hydrogen-bond donors (Lipinski definition) is 1. The van der Waals surface area contributed by atoms with Crippen LogP contribution in [0.3, 0.4) is 0 Å². The van der Waals surface area contributed by atoms with E-state index in [0.29, 0.717) is 12.4 Å². The highest BCUT2D eigenvalue weighted by atomic mass is 16.5. The second-order valence-electron chi connectivity index (χ2n) is 5.09. The lowest BCUT2D eigenvalue weighted by atomic mass is 10.1. The van der Waals surface area contributed by atoms with Gasteiger partial charge in [-0.3, -0.25) is 0 Å². The van der Waals surface area contributed by atoms with Gasteiger partial charge in [-0.2, -0.15) is 0 Å². The van der Waals surface area contributed by atoms with Gasteiger partial charge in [0, 0.05) is 11.3 Å². The van der Waals surface area contributed by atoms with Gasteiger partial charge in [-0.1, -0.05) is 12.1 Å². The normalized spacial score (nSPS) is 10.2. The summed E-state index contributed by atoms with van der Waals surface area (Å²) >= 11 is 0. The summed E-state index contributed by atoms with van der Waals surface area (Å²) in [7, 11) is 1.65. The molecule has 2 aromatic carbocycles. The van der Waals surface area contributed by atoms with Crippen LogP contribution in [-0.4, -0.2) is 23.9 Å². The smallest absolute Gasteiger partial charge is 0.153 e. The van der Waals surface area contributed by atoms with Gasteiger partial charge in [0.25, 0.3) is 0 Å². The second kappa shape index (κ2) is 7.46. The van der Waals surface area contributed by atoms with E-state index >= 15 is 0 Å². The molecule has 0 aliphatic heterocycles. The summed E-state index contributed by atoms with van der Waals surface area (Å²) in [6.45, 7) is 2.62. The third kappa shape index (κ3) is 3.63. The number of rotatable bonds is 6. The lowest BCUT2D eigenvalue weighted by Crippen LogP contribution is -1.97. The van der Waals surface area contributed by atoms with Crippen LogP contribution >= 0.6 is 0 Å². The van der Waals surface area contributed by atoms with E-state index in [1.165, 1.54) is 0 Å². The van der Waals surface area contributed by atoms with Crippen LogP contribution < -0.4 is 14.8 Å². The summed E-state index contributed by atoms with van der Waals surface area (Å²) in [6, 6.07) is 19.3. The van der Waals surface area contributed by atoms with E-state index < -0.39 is 0 Å². The van der Waals surface area contributed by atoms with Crippen molar-refractivity contribution in [1.82, 2.24) is 10.2 Å². The first-order chi connectivity index (χ1) is 11.8. The fraction of sp³-hybridized carbons (Fsp3) is 0.158. The molecule has 0 saturated carbocycles. The molecule has 1 aromatic heterocycles. The van der Waals surface area contributed by atoms with Gasteiger partial charge in [-0.15, -0.1) is 10.2 Å². The van der Waals surface area contributed by atoms with E-state index in [-0.39, 0.29) is 0 Å². The maximum atomic E-state index is 5.43. The molecule has 0 fully saturated rings. The zero-order valence-electron chi connectivity index (χ0n) is 13.7. The number of para-hydroxylation sites is 1. The van der Waals surface area contributed by atoms with Gasteiger partial charge < -0.3 is 14.8 Å². The van der Waals surface area contributed by atoms with Gasteiger partial charge in [0.05, 0.1) is 19.4 Å². The fourth-order valence-electron chi connectivity index (χ4n) is 2.35. The molecule has 0 saturated heterocycles. The maximum absolute atomic E-state index is 5.43. The molecule has 3 aromatic rings. The monoisotopic (exact) mass is 321 g/mol. The Kier molecular flexibility index (Phi) is 4.91. The van der Waals surface area contributed by atoms with Crippen molar-refractivity contribution in [3.8, 4) is 22.8 Å². The highest BCUT2D eigenvalue weighted by Crippen LogP contribution is 2.28. The van der Waals surface area contributed by atoms with Gasteiger partial charge >= 0.3 is 0 Å².